The lowest BCUT2D eigenvalue weighted by atomic mass is 10.1. The highest BCUT2D eigenvalue weighted by atomic mass is 31.2. The van der Waals surface area contributed by atoms with Gasteiger partial charge in [-0.15, -0.1) is 0 Å². The Hall–Kier alpha value is -2.59. The van der Waals surface area contributed by atoms with Crippen molar-refractivity contribution in [2.75, 3.05) is 47.5 Å². The molecule has 0 fully saturated rings. The van der Waals surface area contributed by atoms with Crippen LogP contribution in [0.15, 0.2) is 72.9 Å². The lowest BCUT2D eigenvalue weighted by Gasteiger charge is -2.28. The summed E-state index contributed by atoms with van der Waals surface area (Å²) < 4.78 is 33.7. The van der Waals surface area contributed by atoms with Gasteiger partial charge in [-0.3, -0.25) is 14.2 Å². The number of esters is 2. The van der Waals surface area contributed by atoms with E-state index in [-0.39, 0.29) is 26.1 Å². The highest BCUT2D eigenvalue weighted by molar-refractivity contribution is 7.45. The monoisotopic (exact) mass is 794 g/mol. The number of phosphoric ester groups is 1. The molecule has 0 aromatic heterocycles. The number of unbranched alkanes of at least 4 members (excludes halogenated alkanes) is 10. The second kappa shape index (κ2) is 35.8. The Labute approximate surface area is 334 Å². The molecule has 0 aromatic rings. The number of carbonyl (C=O) groups excluding carboxylic acids is 2. The largest absolute Gasteiger partial charge is 0.756 e. The number of nitrogens with zero attached hydrogens (tertiary/aromatic N) is 1. The van der Waals surface area contributed by atoms with Crippen LogP contribution < -0.4 is 4.89 Å². The van der Waals surface area contributed by atoms with E-state index in [1.54, 1.807) is 6.08 Å². The first-order valence-corrected chi connectivity index (χ1v) is 22.2. The Kier molecular flexibility index (Phi) is 34.1. The molecule has 0 aliphatic carbocycles. The summed E-state index contributed by atoms with van der Waals surface area (Å²) in [7, 11) is 1.08. The van der Waals surface area contributed by atoms with E-state index >= 15 is 0 Å². The molecule has 0 aromatic carbocycles. The van der Waals surface area contributed by atoms with Crippen LogP contribution in [0.1, 0.15) is 136 Å². The molecule has 3 atom stereocenters. The first-order chi connectivity index (χ1) is 26.4. The molecule has 0 aliphatic heterocycles. The highest BCUT2D eigenvalue weighted by Gasteiger charge is 2.21. The summed E-state index contributed by atoms with van der Waals surface area (Å²) in [6.45, 7) is 3.90. The third-order valence-corrected chi connectivity index (χ3v) is 9.25. The van der Waals surface area contributed by atoms with Crippen molar-refractivity contribution < 1.29 is 47.2 Å². The molecule has 0 bridgehead atoms. The molecule has 1 N–H and O–H groups in total. The number of aliphatic hydroxyl groups excluding tert-OH is 1. The van der Waals surface area contributed by atoms with Crippen LogP contribution in [0.25, 0.3) is 0 Å². The third-order valence-electron chi connectivity index (χ3n) is 8.29. The van der Waals surface area contributed by atoms with Crippen molar-refractivity contribution >= 4 is 19.8 Å². The molecule has 0 spiro atoms. The number of quaternary nitrogens is 1. The second-order valence-corrected chi connectivity index (χ2v) is 16.2. The summed E-state index contributed by atoms with van der Waals surface area (Å²) in [6.07, 6.45) is 39.7. The Morgan fingerprint density at radius 3 is 2.00 bits per heavy atom. The summed E-state index contributed by atoms with van der Waals surface area (Å²) >= 11 is 0. The number of hydrogen-bond acceptors (Lipinski definition) is 9. The quantitative estimate of drug-likeness (QED) is 0.0165. The molecule has 10 nitrogen and oxygen atoms in total. The van der Waals surface area contributed by atoms with Gasteiger partial charge in [0.15, 0.2) is 6.10 Å². The number of ether oxygens (including phenoxy) is 2. The summed E-state index contributed by atoms with van der Waals surface area (Å²) in [6, 6.07) is 0. The predicted molar refractivity (Wildman–Crippen MR) is 223 cm³/mol. The molecule has 0 saturated carbocycles. The Morgan fingerprint density at radius 2 is 1.29 bits per heavy atom. The van der Waals surface area contributed by atoms with Crippen molar-refractivity contribution in [1.29, 1.82) is 0 Å². The van der Waals surface area contributed by atoms with E-state index in [2.05, 4.69) is 44.2 Å². The normalized spacial score (nSPS) is 15.0. The third kappa shape index (κ3) is 39.4. The summed E-state index contributed by atoms with van der Waals surface area (Å²) in [5.41, 5.74) is 0. The average molecular weight is 794 g/mol. The highest BCUT2D eigenvalue weighted by Crippen LogP contribution is 2.38. The van der Waals surface area contributed by atoms with Crippen LogP contribution >= 0.6 is 7.82 Å². The average Bonchev–Trinajstić information content (AvgIpc) is 3.13. The first-order valence-electron chi connectivity index (χ1n) is 20.8. The lowest BCUT2D eigenvalue weighted by Crippen LogP contribution is -2.37. The number of phosphoric acid groups is 1. The molecule has 0 radical (unpaired) electrons. The van der Waals surface area contributed by atoms with Gasteiger partial charge < -0.3 is 33.0 Å². The molecule has 0 aliphatic rings. The molecular weight excluding hydrogens is 717 g/mol. The van der Waals surface area contributed by atoms with Crippen LogP contribution in [0.2, 0.25) is 0 Å². The van der Waals surface area contributed by atoms with Gasteiger partial charge in [-0.05, 0) is 70.6 Å². The van der Waals surface area contributed by atoms with Gasteiger partial charge in [0, 0.05) is 12.8 Å². The van der Waals surface area contributed by atoms with Crippen LogP contribution in [0.5, 0.6) is 0 Å². The zero-order chi connectivity index (χ0) is 40.9. The lowest BCUT2D eigenvalue weighted by molar-refractivity contribution is -0.870. The fourth-order valence-electron chi connectivity index (χ4n) is 5.00. The van der Waals surface area contributed by atoms with Crippen molar-refractivity contribution in [3.05, 3.63) is 72.9 Å². The second-order valence-electron chi connectivity index (χ2n) is 14.8. The molecule has 2 unspecified atom stereocenters. The fourth-order valence-corrected chi connectivity index (χ4v) is 5.73. The van der Waals surface area contributed by atoms with Crippen molar-refractivity contribution in [2.24, 2.45) is 0 Å². The van der Waals surface area contributed by atoms with Gasteiger partial charge >= 0.3 is 11.9 Å². The fraction of sp³-hybridized carbons (Fsp3) is 0.682. The Bertz CT molecular complexity index is 1190. The van der Waals surface area contributed by atoms with Gasteiger partial charge in [0.05, 0.1) is 33.9 Å². The molecule has 11 heteroatoms. The Balaban J connectivity index is 4.58. The van der Waals surface area contributed by atoms with Crippen LogP contribution in [0.3, 0.4) is 0 Å². The van der Waals surface area contributed by atoms with Crippen LogP contribution in [-0.4, -0.2) is 81.2 Å². The minimum Gasteiger partial charge on any atom is -0.756 e. The van der Waals surface area contributed by atoms with Crippen LogP contribution in [-0.2, 0) is 32.7 Å². The van der Waals surface area contributed by atoms with Crippen LogP contribution in [0, 0.1) is 0 Å². The van der Waals surface area contributed by atoms with Crippen molar-refractivity contribution in [3.8, 4) is 0 Å². The van der Waals surface area contributed by atoms with Gasteiger partial charge in [-0.2, -0.15) is 0 Å². The van der Waals surface area contributed by atoms with E-state index in [1.165, 1.54) is 25.7 Å². The van der Waals surface area contributed by atoms with E-state index < -0.39 is 38.6 Å². The molecule has 0 heterocycles. The summed E-state index contributed by atoms with van der Waals surface area (Å²) in [5.74, 6) is -0.961. The summed E-state index contributed by atoms with van der Waals surface area (Å²) in [5, 5.41) is 10.0. The number of rotatable bonds is 36. The SMILES string of the molecule is CC/C=C\C/C=C\CC(O)/C=C/C=C\C/C=C\CCCC(=O)OC[C@H](COP(=O)([O-])OCC[N+](C)(C)C)OC(=O)CCCCCCC/C=C\CCCCCC. The minimum atomic E-state index is -4.65. The zero-order valence-electron chi connectivity index (χ0n) is 35.0. The number of aliphatic hydroxyl groups is 1. The molecule has 55 heavy (non-hydrogen) atoms. The van der Waals surface area contributed by atoms with E-state index in [1.807, 2.05) is 57.6 Å². The summed E-state index contributed by atoms with van der Waals surface area (Å²) in [4.78, 5) is 37.4. The van der Waals surface area contributed by atoms with Crippen molar-refractivity contribution in [3.63, 3.8) is 0 Å². The maximum atomic E-state index is 12.6. The van der Waals surface area contributed by atoms with Gasteiger partial charge in [0.2, 0.25) is 0 Å². The van der Waals surface area contributed by atoms with Gasteiger partial charge in [-0.25, -0.2) is 0 Å². The zero-order valence-corrected chi connectivity index (χ0v) is 35.8. The van der Waals surface area contributed by atoms with Crippen LogP contribution in [0.4, 0.5) is 0 Å². The first kappa shape index (κ1) is 52.4. The molecule has 0 rings (SSSR count). The molecule has 0 saturated heterocycles. The minimum absolute atomic E-state index is 0.0548. The number of hydrogen-bond donors (Lipinski definition) is 1. The maximum Gasteiger partial charge on any atom is 0.306 e. The maximum absolute atomic E-state index is 12.6. The molecule has 316 valence electrons. The van der Waals surface area contributed by atoms with E-state index in [0.717, 1.165) is 57.8 Å². The predicted octanol–water partition coefficient (Wildman–Crippen LogP) is 9.80. The Morgan fingerprint density at radius 1 is 0.691 bits per heavy atom. The van der Waals surface area contributed by atoms with Crippen molar-refractivity contribution in [2.45, 2.75) is 148 Å². The topological polar surface area (TPSA) is 131 Å². The van der Waals surface area contributed by atoms with Crippen molar-refractivity contribution in [1.82, 2.24) is 0 Å². The number of likely N-dealkylation sites (N-methyl/N-ethyl adjacent to an activating group) is 1. The molecular formula is C44H76NO9P. The standard InChI is InChI=1S/C44H76NO9P/c1-6-8-10-12-14-15-16-17-18-19-24-28-32-36-44(48)54-42(40-53-55(49,50)52-38-37-45(3,4)5)39-51-43(47)35-31-27-23-21-20-22-26-30-34-41(46)33-29-25-13-11-9-7-2/h9,11,15-16,21-23,25-26,29-30,34,41-42,46H,6-8,10,12-14,17-20,24,27-28,31-33,35-40H2,1-5H3/b11-9-,16-15-,23-21-,26-22-,29-25-,34-30+/t41?,42-/m1/s1. The van der Waals surface area contributed by atoms with Gasteiger partial charge in [0.25, 0.3) is 7.82 Å². The molecule has 0 amide bonds. The smallest absolute Gasteiger partial charge is 0.306 e. The number of allylic oxidation sites excluding steroid dienone is 10. The van der Waals surface area contributed by atoms with Gasteiger partial charge in [-0.1, -0.05) is 125 Å². The number of carbonyl (C=O) groups is 2. The van der Waals surface area contributed by atoms with E-state index in [4.69, 9.17) is 18.5 Å². The van der Waals surface area contributed by atoms with E-state index in [0.29, 0.717) is 36.7 Å². The van der Waals surface area contributed by atoms with E-state index in [9.17, 15) is 24.2 Å². The van der Waals surface area contributed by atoms with Gasteiger partial charge in [0.1, 0.15) is 19.8 Å².